The minimum atomic E-state index is -0.436. The number of fused-ring (bicyclic) bond motifs is 1. The fourth-order valence-electron chi connectivity index (χ4n) is 2.55. The number of amides is 1. The van der Waals surface area contributed by atoms with Crippen LogP contribution >= 0.6 is 15.9 Å². The third-order valence-electron chi connectivity index (χ3n) is 3.58. The molecule has 128 valence electrons. The lowest BCUT2D eigenvalue weighted by molar-refractivity contribution is 0.0918. The number of carbonyl (C=O) groups excluding carboxylic acids is 1. The van der Waals surface area contributed by atoms with Gasteiger partial charge >= 0.3 is 0 Å². The van der Waals surface area contributed by atoms with E-state index in [-0.39, 0.29) is 11.0 Å². The molecule has 3 rings (SSSR count). The van der Waals surface area contributed by atoms with Crippen molar-refractivity contribution in [2.45, 2.75) is 26.3 Å². The maximum Gasteiger partial charge on any atom is 0.257 e. The first kappa shape index (κ1) is 17.4. The van der Waals surface area contributed by atoms with Crippen LogP contribution in [0.1, 0.15) is 31.1 Å². The Balaban J connectivity index is 2.28. The molecule has 2 aromatic heterocycles. The topological polar surface area (TPSA) is 64.0 Å². The van der Waals surface area contributed by atoms with Crippen molar-refractivity contribution in [2.75, 3.05) is 0 Å². The van der Waals surface area contributed by atoms with E-state index in [1.165, 1.54) is 0 Å². The number of benzene rings is 1. The number of nitrogens with one attached hydrogen (secondary N) is 1. The van der Waals surface area contributed by atoms with Gasteiger partial charge in [-0.3, -0.25) is 9.59 Å². The maximum absolute atomic E-state index is 12.8. The summed E-state index contributed by atoms with van der Waals surface area (Å²) in [6.45, 7) is 5.63. The van der Waals surface area contributed by atoms with Gasteiger partial charge in [-0.2, -0.15) is 0 Å². The highest BCUT2D eigenvalue weighted by molar-refractivity contribution is 9.10. The van der Waals surface area contributed by atoms with Crippen LogP contribution in [0.4, 0.5) is 0 Å². The van der Waals surface area contributed by atoms with E-state index in [9.17, 15) is 9.59 Å². The van der Waals surface area contributed by atoms with E-state index in [4.69, 9.17) is 0 Å². The lowest BCUT2D eigenvalue weighted by atomic mass is 10.1. The molecule has 0 bridgehead atoms. The lowest BCUT2D eigenvalue weighted by Crippen LogP contribution is -2.42. The summed E-state index contributed by atoms with van der Waals surface area (Å²) in [7, 11) is 0. The molecule has 6 heteroatoms. The van der Waals surface area contributed by atoms with Crippen LogP contribution in [0.15, 0.2) is 58.1 Å². The van der Waals surface area contributed by atoms with E-state index in [0.717, 1.165) is 10.2 Å². The van der Waals surface area contributed by atoms with E-state index in [1.807, 2.05) is 45.0 Å². The average molecular weight is 400 g/mol. The Bertz CT molecular complexity index is 1020. The van der Waals surface area contributed by atoms with Crippen LogP contribution in [0, 0.1) is 0 Å². The minimum Gasteiger partial charge on any atom is -0.347 e. The number of carbonyl (C=O) groups is 1. The van der Waals surface area contributed by atoms with Gasteiger partial charge < -0.3 is 9.88 Å². The van der Waals surface area contributed by atoms with Crippen molar-refractivity contribution in [3.63, 3.8) is 0 Å². The molecule has 1 aromatic carbocycles. The molecule has 0 aliphatic carbocycles. The number of rotatable bonds is 2. The highest BCUT2D eigenvalue weighted by Gasteiger charge is 2.20. The summed E-state index contributed by atoms with van der Waals surface area (Å²) < 4.78 is 2.66. The Hall–Kier alpha value is -2.47. The fraction of sp³-hybridized carbons (Fsp3) is 0.211. The maximum atomic E-state index is 12.8. The quantitative estimate of drug-likeness (QED) is 0.714. The highest BCUT2D eigenvalue weighted by atomic mass is 79.9. The molecule has 0 aliphatic rings. The van der Waals surface area contributed by atoms with Crippen molar-refractivity contribution in [3.8, 4) is 5.69 Å². The van der Waals surface area contributed by atoms with Gasteiger partial charge in [0.25, 0.3) is 5.91 Å². The van der Waals surface area contributed by atoms with Gasteiger partial charge in [0.2, 0.25) is 5.43 Å². The van der Waals surface area contributed by atoms with Gasteiger partial charge in [-0.05, 0) is 51.1 Å². The molecule has 0 fully saturated rings. The Morgan fingerprint density at radius 1 is 1.20 bits per heavy atom. The minimum absolute atomic E-state index is 0.0930. The van der Waals surface area contributed by atoms with Crippen molar-refractivity contribution in [2.24, 2.45) is 0 Å². The summed E-state index contributed by atoms with van der Waals surface area (Å²) in [4.78, 5) is 29.7. The molecule has 1 amide bonds. The monoisotopic (exact) mass is 399 g/mol. The Kier molecular flexibility index (Phi) is 4.47. The molecule has 1 N–H and O–H groups in total. The van der Waals surface area contributed by atoms with Crippen molar-refractivity contribution >= 4 is 32.9 Å². The molecule has 2 heterocycles. The van der Waals surface area contributed by atoms with E-state index in [0.29, 0.717) is 11.0 Å². The summed E-state index contributed by atoms with van der Waals surface area (Å²) in [5, 5.41) is 3.26. The molecular weight excluding hydrogens is 382 g/mol. The molecule has 0 atom stereocenters. The number of hydrogen-bond acceptors (Lipinski definition) is 3. The van der Waals surface area contributed by atoms with Gasteiger partial charge in [0, 0.05) is 28.1 Å². The fourth-order valence-corrected chi connectivity index (χ4v) is 2.94. The van der Waals surface area contributed by atoms with Gasteiger partial charge in [-0.25, -0.2) is 4.98 Å². The normalized spacial score (nSPS) is 11.5. The summed E-state index contributed by atoms with van der Waals surface area (Å²) in [6, 6.07) is 11.0. The lowest BCUT2D eigenvalue weighted by Gasteiger charge is -2.21. The highest BCUT2D eigenvalue weighted by Crippen LogP contribution is 2.19. The molecule has 0 saturated carbocycles. The molecule has 3 aromatic rings. The molecule has 0 aliphatic heterocycles. The first-order valence-corrected chi connectivity index (χ1v) is 8.64. The summed E-state index contributed by atoms with van der Waals surface area (Å²) >= 11 is 3.45. The second-order valence-corrected chi connectivity index (χ2v) is 7.72. The Morgan fingerprint density at radius 2 is 1.96 bits per heavy atom. The predicted molar refractivity (Wildman–Crippen MR) is 102 cm³/mol. The van der Waals surface area contributed by atoms with Crippen molar-refractivity contribution in [1.29, 1.82) is 0 Å². The molecule has 0 spiro atoms. The van der Waals surface area contributed by atoms with Crippen molar-refractivity contribution < 1.29 is 4.79 Å². The van der Waals surface area contributed by atoms with Gasteiger partial charge in [0.1, 0.15) is 11.2 Å². The first-order chi connectivity index (χ1) is 11.8. The SMILES string of the molecule is CC(C)(C)NC(=O)c1cn(-c2cccc(Br)c2)c2ncccc2c1=O. The van der Waals surface area contributed by atoms with E-state index < -0.39 is 11.4 Å². The van der Waals surface area contributed by atoms with Gasteiger partial charge in [0.05, 0.1) is 5.39 Å². The van der Waals surface area contributed by atoms with Crippen LogP contribution in [0.25, 0.3) is 16.7 Å². The number of pyridine rings is 2. The first-order valence-electron chi connectivity index (χ1n) is 7.85. The van der Waals surface area contributed by atoms with Crippen LogP contribution in [0.5, 0.6) is 0 Å². The molecule has 0 unspecified atom stereocenters. The van der Waals surface area contributed by atoms with Gasteiger partial charge in [-0.15, -0.1) is 0 Å². The van der Waals surface area contributed by atoms with E-state index in [1.54, 1.807) is 29.1 Å². The van der Waals surface area contributed by atoms with Crippen LogP contribution < -0.4 is 10.7 Å². The zero-order chi connectivity index (χ0) is 18.2. The van der Waals surface area contributed by atoms with Crippen LogP contribution in [0.3, 0.4) is 0 Å². The van der Waals surface area contributed by atoms with E-state index in [2.05, 4.69) is 26.2 Å². The summed E-state index contributed by atoms with van der Waals surface area (Å²) in [5.74, 6) is -0.396. The third-order valence-corrected chi connectivity index (χ3v) is 4.08. The van der Waals surface area contributed by atoms with Crippen LogP contribution in [-0.2, 0) is 0 Å². The molecule has 25 heavy (non-hydrogen) atoms. The van der Waals surface area contributed by atoms with Crippen molar-refractivity contribution in [3.05, 3.63) is 69.1 Å². The summed E-state index contributed by atoms with van der Waals surface area (Å²) in [6.07, 6.45) is 3.19. The molecule has 0 radical (unpaired) electrons. The van der Waals surface area contributed by atoms with Crippen molar-refractivity contribution in [1.82, 2.24) is 14.9 Å². The average Bonchev–Trinajstić information content (AvgIpc) is 2.53. The number of halogens is 1. The number of nitrogens with zero attached hydrogens (tertiary/aromatic N) is 2. The van der Waals surface area contributed by atoms with Crippen LogP contribution in [-0.4, -0.2) is 21.0 Å². The standard InChI is InChI=1S/C19H18BrN3O2/c1-19(2,3)22-18(25)15-11-23(13-7-4-6-12(20)10-13)17-14(16(15)24)8-5-9-21-17/h4-11H,1-3H3,(H,22,25). The summed E-state index contributed by atoms with van der Waals surface area (Å²) in [5.41, 5.74) is 0.654. The van der Waals surface area contributed by atoms with Crippen LogP contribution in [0.2, 0.25) is 0 Å². The Labute approximate surface area is 153 Å². The smallest absolute Gasteiger partial charge is 0.257 e. The largest absolute Gasteiger partial charge is 0.347 e. The Morgan fingerprint density at radius 3 is 2.64 bits per heavy atom. The second kappa shape index (κ2) is 6.44. The number of aromatic nitrogens is 2. The third kappa shape index (κ3) is 3.64. The molecule has 0 saturated heterocycles. The zero-order valence-corrected chi connectivity index (χ0v) is 15.8. The van der Waals surface area contributed by atoms with E-state index >= 15 is 0 Å². The zero-order valence-electron chi connectivity index (χ0n) is 14.2. The molecule has 5 nitrogen and oxygen atoms in total. The number of hydrogen-bond donors (Lipinski definition) is 1. The predicted octanol–water partition coefficient (Wildman–Crippen LogP) is 3.68. The second-order valence-electron chi connectivity index (χ2n) is 6.80. The van der Waals surface area contributed by atoms with Gasteiger partial charge in [-0.1, -0.05) is 22.0 Å². The molecular formula is C19H18BrN3O2. The van der Waals surface area contributed by atoms with Gasteiger partial charge in [0.15, 0.2) is 0 Å².